The van der Waals surface area contributed by atoms with E-state index < -0.39 is 0 Å². The number of aryl methyl sites for hydroxylation is 3. The molecule has 1 aliphatic rings. The van der Waals surface area contributed by atoms with Crippen LogP contribution in [-0.4, -0.2) is 34.2 Å². The van der Waals surface area contributed by atoms with E-state index in [2.05, 4.69) is 5.10 Å². The predicted octanol–water partition coefficient (Wildman–Crippen LogP) is 2.62. The first kappa shape index (κ1) is 14.7. The number of hydrogen-bond acceptors (Lipinski definition) is 4. The first-order valence-corrected chi connectivity index (χ1v) is 7.47. The predicted molar refractivity (Wildman–Crippen MR) is 81.0 cm³/mol. The van der Waals surface area contributed by atoms with Crippen molar-refractivity contribution in [1.29, 1.82) is 0 Å². The summed E-state index contributed by atoms with van der Waals surface area (Å²) in [4.78, 5) is 14.7. The summed E-state index contributed by atoms with van der Waals surface area (Å²) in [6, 6.07) is 1.80. The van der Waals surface area contributed by atoms with Gasteiger partial charge in [-0.15, -0.1) is 0 Å². The van der Waals surface area contributed by atoms with E-state index in [0.717, 1.165) is 42.1 Å². The molecule has 1 atom stereocenters. The molecule has 0 radical (unpaired) electrons. The van der Waals surface area contributed by atoms with Crippen molar-refractivity contribution in [3.63, 3.8) is 0 Å². The normalized spacial score (nSPS) is 18.0. The summed E-state index contributed by atoms with van der Waals surface area (Å²) < 4.78 is 12.6. The van der Waals surface area contributed by atoms with E-state index in [-0.39, 0.29) is 11.9 Å². The lowest BCUT2D eigenvalue weighted by atomic mass is 10.0. The van der Waals surface area contributed by atoms with Gasteiger partial charge in [-0.05, 0) is 32.8 Å². The van der Waals surface area contributed by atoms with Crippen molar-refractivity contribution in [1.82, 2.24) is 14.7 Å². The second-order valence-corrected chi connectivity index (χ2v) is 5.72. The molecular weight excluding hydrogens is 282 g/mol. The molecule has 0 spiro atoms. The van der Waals surface area contributed by atoms with Crippen molar-refractivity contribution in [3.8, 4) is 5.88 Å². The van der Waals surface area contributed by atoms with Gasteiger partial charge >= 0.3 is 0 Å². The van der Waals surface area contributed by atoms with Crippen LogP contribution in [-0.2, 0) is 7.05 Å². The van der Waals surface area contributed by atoms with Crippen LogP contribution >= 0.6 is 0 Å². The molecule has 0 unspecified atom stereocenters. The highest BCUT2D eigenvalue weighted by Crippen LogP contribution is 2.39. The highest BCUT2D eigenvalue weighted by molar-refractivity contribution is 5.93. The number of ether oxygens (including phenoxy) is 1. The number of hydrogen-bond donors (Lipinski definition) is 0. The zero-order valence-electron chi connectivity index (χ0n) is 13.4. The van der Waals surface area contributed by atoms with Crippen LogP contribution in [0.3, 0.4) is 0 Å². The Morgan fingerprint density at radius 1 is 1.45 bits per heavy atom. The van der Waals surface area contributed by atoms with Crippen molar-refractivity contribution >= 4 is 5.91 Å². The highest BCUT2D eigenvalue weighted by atomic mass is 16.5. The largest absolute Gasteiger partial charge is 0.481 e. The molecule has 1 aliphatic heterocycles. The molecule has 1 saturated heterocycles. The van der Waals surface area contributed by atoms with Crippen LogP contribution in [0.4, 0.5) is 0 Å². The number of furan rings is 1. The summed E-state index contributed by atoms with van der Waals surface area (Å²) in [5, 5.41) is 4.43. The van der Waals surface area contributed by atoms with Gasteiger partial charge in [-0.3, -0.25) is 4.79 Å². The maximum Gasteiger partial charge on any atom is 0.290 e. The second-order valence-electron chi connectivity index (χ2n) is 5.72. The van der Waals surface area contributed by atoms with Crippen LogP contribution in [0.25, 0.3) is 0 Å². The Kier molecular flexibility index (Phi) is 3.68. The van der Waals surface area contributed by atoms with Crippen molar-refractivity contribution in [2.75, 3.05) is 13.7 Å². The number of nitrogens with zero attached hydrogens (tertiary/aromatic N) is 3. The molecule has 22 heavy (non-hydrogen) atoms. The molecule has 2 aromatic heterocycles. The molecule has 3 rings (SSSR count). The van der Waals surface area contributed by atoms with Gasteiger partial charge in [0, 0.05) is 19.2 Å². The van der Waals surface area contributed by atoms with Crippen LogP contribution in [0.5, 0.6) is 5.88 Å². The molecular formula is C16H21N3O3. The summed E-state index contributed by atoms with van der Waals surface area (Å²) in [5.41, 5.74) is 2.77. The van der Waals surface area contributed by atoms with E-state index in [1.165, 1.54) is 0 Å². The summed E-state index contributed by atoms with van der Waals surface area (Å²) in [6.45, 7) is 4.57. The standard InChI is InChI=1S/C16H21N3O3/c1-10-7-9-22-14(10)15(20)19-8-5-6-12(19)13-11(2)17-18(3)16(13)21-4/h7,9,12H,5-6,8H2,1-4H3/t12-/m1/s1. The van der Waals surface area contributed by atoms with E-state index in [1.807, 2.05) is 31.9 Å². The van der Waals surface area contributed by atoms with E-state index >= 15 is 0 Å². The van der Waals surface area contributed by atoms with Crippen molar-refractivity contribution in [3.05, 3.63) is 34.9 Å². The Bertz CT molecular complexity index is 702. The van der Waals surface area contributed by atoms with Crippen molar-refractivity contribution in [2.45, 2.75) is 32.7 Å². The molecule has 1 amide bonds. The molecule has 6 heteroatoms. The molecule has 0 N–H and O–H groups in total. The van der Waals surface area contributed by atoms with E-state index in [1.54, 1.807) is 18.1 Å². The Morgan fingerprint density at radius 3 is 2.86 bits per heavy atom. The van der Waals surface area contributed by atoms with Crippen molar-refractivity contribution in [2.24, 2.45) is 7.05 Å². The first-order chi connectivity index (χ1) is 10.5. The average molecular weight is 303 g/mol. The lowest BCUT2D eigenvalue weighted by molar-refractivity contribution is 0.0700. The van der Waals surface area contributed by atoms with Gasteiger partial charge < -0.3 is 14.1 Å². The molecule has 6 nitrogen and oxygen atoms in total. The smallest absolute Gasteiger partial charge is 0.290 e. The number of aromatic nitrogens is 2. The lowest BCUT2D eigenvalue weighted by Crippen LogP contribution is -2.31. The monoisotopic (exact) mass is 303 g/mol. The minimum atomic E-state index is -0.0599. The summed E-state index contributed by atoms with van der Waals surface area (Å²) >= 11 is 0. The van der Waals surface area contributed by atoms with Gasteiger partial charge in [-0.1, -0.05) is 0 Å². The third kappa shape index (κ3) is 2.19. The fourth-order valence-corrected chi connectivity index (χ4v) is 3.31. The van der Waals surface area contributed by atoms with Gasteiger partial charge in [0.05, 0.1) is 30.7 Å². The lowest BCUT2D eigenvalue weighted by Gasteiger charge is -2.24. The molecule has 0 saturated carbocycles. The minimum absolute atomic E-state index is 0.0133. The number of rotatable bonds is 3. The molecule has 0 aliphatic carbocycles. The fourth-order valence-electron chi connectivity index (χ4n) is 3.31. The Morgan fingerprint density at radius 2 is 2.23 bits per heavy atom. The van der Waals surface area contributed by atoms with Crippen LogP contribution in [0, 0.1) is 13.8 Å². The number of carbonyl (C=O) groups excluding carboxylic acids is 1. The van der Waals surface area contributed by atoms with Gasteiger partial charge in [0.15, 0.2) is 5.76 Å². The van der Waals surface area contributed by atoms with Gasteiger partial charge in [0.1, 0.15) is 0 Å². The fraction of sp³-hybridized carbons (Fsp3) is 0.500. The maximum atomic E-state index is 12.8. The Hall–Kier alpha value is -2.24. The SMILES string of the molecule is COc1c([C@H]2CCCN2C(=O)c2occc2C)c(C)nn1C. The van der Waals surface area contributed by atoms with Crippen LogP contribution < -0.4 is 4.74 Å². The van der Waals surface area contributed by atoms with Crippen LogP contribution in [0.15, 0.2) is 16.7 Å². The topological polar surface area (TPSA) is 60.5 Å². The minimum Gasteiger partial charge on any atom is -0.481 e. The van der Waals surface area contributed by atoms with Crippen LogP contribution in [0.2, 0.25) is 0 Å². The zero-order chi connectivity index (χ0) is 15.9. The molecule has 118 valence electrons. The highest BCUT2D eigenvalue weighted by Gasteiger charge is 2.36. The molecule has 0 aromatic carbocycles. The van der Waals surface area contributed by atoms with Crippen LogP contribution in [0.1, 0.15) is 46.3 Å². The van der Waals surface area contributed by atoms with E-state index in [0.29, 0.717) is 5.76 Å². The second kappa shape index (κ2) is 5.51. The van der Waals surface area contributed by atoms with Gasteiger partial charge in [0.2, 0.25) is 5.88 Å². The quantitative estimate of drug-likeness (QED) is 0.874. The van der Waals surface area contributed by atoms with E-state index in [4.69, 9.17) is 9.15 Å². The number of methoxy groups -OCH3 is 1. The van der Waals surface area contributed by atoms with Gasteiger partial charge in [-0.25, -0.2) is 4.68 Å². The van der Waals surface area contributed by atoms with Crippen molar-refractivity contribution < 1.29 is 13.9 Å². The summed E-state index contributed by atoms with van der Waals surface area (Å²) in [7, 11) is 3.49. The third-order valence-electron chi connectivity index (χ3n) is 4.31. The summed E-state index contributed by atoms with van der Waals surface area (Å²) in [6.07, 6.45) is 3.44. The molecule has 2 aromatic rings. The average Bonchev–Trinajstić information content (AvgIpc) is 3.16. The molecule has 1 fully saturated rings. The first-order valence-electron chi connectivity index (χ1n) is 7.47. The number of carbonyl (C=O) groups is 1. The number of likely N-dealkylation sites (tertiary alicyclic amines) is 1. The van der Waals surface area contributed by atoms with Gasteiger partial charge in [0.25, 0.3) is 5.91 Å². The maximum absolute atomic E-state index is 12.8. The number of amides is 1. The molecule has 0 bridgehead atoms. The van der Waals surface area contributed by atoms with E-state index in [9.17, 15) is 4.79 Å². The summed E-state index contributed by atoms with van der Waals surface area (Å²) in [5.74, 6) is 1.08. The Balaban J connectivity index is 1.98. The molecule has 3 heterocycles. The third-order valence-corrected chi connectivity index (χ3v) is 4.31. The Labute approximate surface area is 129 Å². The van der Waals surface area contributed by atoms with Gasteiger partial charge in [-0.2, -0.15) is 5.10 Å². The zero-order valence-corrected chi connectivity index (χ0v) is 13.4.